The van der Waals surface area contributed by atoms with Gasteiger partial charge in [-0.2, -0.15) is 0 Å². The Kier molecular flexibility index (Phi) is 4.98. The lowest BCUT2D eigenvalue weighted by atomic mass is 9.80. The summed E-state index contributed by atoms with van der Waals surface area (Å²) in [7, 11) is 0. The van der Waals surface area contributed by atoms with E-state index >= 15 is 0 Å². The summed E-state index contributed by atoms with van der Waals surface area (Å²) < 4.78 is 0. The summed E-state index contributed by atoms with van der Waals surface area (Å²) in [5, 5.41) is 0. The van der Waals surface area contributed by atoms with E-state index in [1.54, 1.807) is 4.90 Å². The lowest BCUT2D eigenvalue weighted by molar-refractivity contribution is -0.120. The monoisotopic (exact) mass is 262 g/mol. The van der Waals surface area contributed by atoms with Gasteiger partial charge in [0, 0.05) is 24.3 Å². The van der Waals surface area contributed by atoms with Crippen LogP contribution < -0.4 is 10.6 Å². The Morgan fingerprint density at radius 2 is 2.00 bits per heavy atom. The van der Waals surface area contributed by atoms with E-state index in [0.29, 0.717) is 24.6 Å². The molecule has 2 N–H and O–H groups in total. The zero-order chi connectivity index (χ0) is 14.6. The molecule has 0 fully saturated rings. The highest BCUT2D eigenvalue weighted by molar-refractivity contribution is 5.93. The second-order valence-corrected chi connectivity index (χ2v) is 6.20. The molecule has 0 radical (unpaired) electrons. The number of carbonyl (C=O) groups is 1. The first kappa shape index (κ1) is 15.5. The first-order valence-electron chi connectivity index (χ1n) is 6.91. The maximum Gasteiger partial charge on any atom is 0.227 e. The zero-order valence-corrected chi connectivity index (χ0v) is 12.7. The lowest BCUT2D eigenvalue weighted by Crippen LogP contribution is -2.34. The average molecular weight is 262 g/mol. The molecule has 1 amide bonds. The average Bonchev–Trinajstić information content (AvgIpc) is 2.28. The van der Waals surface area contributed by atoms with Crippen molar-refractivity contribution in [2.24, 2.45) is 11.3 Å². The van der Waals surface area contributed by atoms with Gasteiger partial charge in [-0.05, 0) is 36.5 Å². The molecular formula is C16H26N2O. The van der Waals surface area contributed by atoms with E-state index in [4.69, 9.17) is 5.73 Å². The molecule has 0 aliphatic heterocycles. The van der Waals surface area contributed by atoms with Crippen LogP contribution in [0.4, 0.5) is 11.4 Å². The van der Waals surface area contributed by atoms with Crippen LogP contribution in [0.2, 0.25) is 0 Å². The largest absolute Gasteiger partial charge is 0.399 e. The summed E-state index contributed by atoms with van der Waals surface area (Å²) >= 11 is 0. The number of rotatable bonds is 4. The maximum absolute atomic E-state index is 12.4. The molecule has 0 saturated carbocycles. The van der Waals surface area contributed by atoms with Gasteiger partial charge in [0.2, 0.25) is 5.91 Å². The van der Waals surface area contributed by atoms with Crippen molar-refractivity contribution < 1.29 is 4.79 Å². The van der Waals surface area contributed by atoms with Gasteiger partial charge in [0.1, 0.15) is 0 Å². The van der Waals surface area contributed by atoms with Crippen LogP contribution in [0.3, 0.4) is 0 Å². The molecule has 106 valence electrons. The summed E-state index contributed by atoms with van der Waals surface area (Å²) in [5.41, 5.74) is 7.50. The summed E-state index contributed by atoms with van der Waals surface area (Å²) in [6.45, 7) is 11.3. The molecule has 1 aromatic rings. The minimum Gasteiger partial charge on any atom is -0.399 e. The Morgan fingerprint density at radius 3 is 2.47 bits per heavy atom. The van der Waals surface area contributed by atoms with Gasteiger partial charge in [-0.3, -0.25) is 4.79 Å². The number of amides is 1. The number of anilines is 2. The standard InChI is InChI=1S/C16H26N2O/c1-6-18(14-9-7-8-13(17)11-14)15(19)10-12(2)16(3,4)5/h7-9,11-12H,6,10,17H2,1-5H3. The Bertz CT molecular complexity index is 435. The van der Waals surface area contributed by atoms with Crippen LogP contribution in [0.5, 0.6) is 0 Å². The van der Waals surface area contributed by atoms with E-state index in [1.165, 1.54) is 0 Å². The number of carbonyl (C=O) groups excluding carboxylic acids is 1. The highest BCUT2D eigenvalue weighted by atomic mass is 16.2. The lowest BCUT2D eigenvalue weighted by Gasteiger charge is -2.29. The van der Waals surface area contributed by atoms with E-state index in [-0.39, 0.29) is 11.3 Å². The van der Waals surface area contributed by atoms with Crippen molar-refractivity contribution in [3.63, 3.8) is 0 Å². The van der Waals surface area contributed by atoms with Crippen molar-refractivity contribution in [2.45, 2.75) is 41.0 Å². The van der Waals surface area contributed by atoms with E-state index in [2.05, 4.69) is 27.7 Å². The van der Waals surface area contributed by atoms with Crippen LogP contribution in [0.1, 0.15) is 41.0 Å². The van der Waals surface area contributed by atoms with Crippen molar-refractivity contribution in [2.75, 3.05) is 17.2 Å². The van der Waals surface area contributed by atoms with E-state index in [0.717, 1.165) is 5.69 Å². The first-order chi connectivity index (χ1) is 8.75. The highest BCUT2D eigenvalue weighted by Crippen LogP contribution is 2.29. The third-order valence-electron chi connectivity index (χ3n) is 3.76. The van der Waals surface area contributed by atoms with Crippen molar-refractivity contribution in [3.8, 4) is 0 Å². The molecule has 3 nitrogen and oxygen atoms in total. The molecule has 1 unspecified atom stereocenters. The van der Waals surface area contributed by atoms with Gasteiger partial charge in [0.15, 0.2) is 0 Å². The fraction of sp³-hybridized carbons (Fsp3) is 0.562. The first-order valence-corrected chi connectivity index (χ1v) is 6.91. The second kappa shape index (κ2) is 6.09. The zero-order valence-electron chi connectivity index (χ0n) is 12.7. The van der Waals surface area contributed by atoms with Crippen molar-refractivity contribution in [3.05, 3.63) is 24.3 Å². The molecule has 1 rings (SSSR count). The number of nitrogen functional groups attached to an aromatic ring is 1. The Hall–Kier alpha value is -1.51. The van der Waals surface area contributed by atoms with Gasteiger partial charge in [-0.15, -0.1) is 0 Å². The van der Waals surface area contributed by atoms with Crippen molar-refractivity contribution in [1.82, 2.24) is 0 Å². The van der Waals surface area contributed by atoms with Gasteiger partial charge in [-0.1, -0.05) is 33.8 Å². The second-order valence-electron chi connectivity index (χ2n) is 6.20. The molecule has 0 heterocycles. The molecule has 0 saturated heterocycles. The topological polar surface area (TPSA) is 46.3 Å². The smallest absolute Gasteiger partial charge is 0.227 e. The maximum atomic E-state index is 12.4. The molecule has 0 aromatic heterocycles. The highest BCUT2D eigenvalue weighted by Gasteiger charge is 2.25. The number of nitrogens with two attached hydrogens (primary N) is 1. The summed E-state index contributed by atoms with van der Waals surface area (Å²) in [5.74, 6) is 0.505. The Morgan fingerprint density at radius 1 is 1.37 bits per heavy atom. The molecule has 0 aliphatic carbocycles. The molecule has 3 heteroatoms. The molecule has 1 aromatic carbocycles. The molecule has 1 atom stereocenters. The minimum atomic E-state index is 0.144. The SMILES string of the molecule is CCN(C(=O)CC(C)C(C)(C)C)c1cccc(N)c1. The number of nitrogens with zero attached hydrogens (tertiary/aromatic N) is 1. The molecule has 0 spiro atoms. The predicted molar refractivity (Wildman–Crippen MR) is 82.1 cm³/mol. The van der Waals surface area contributed by atoms with E-state index in [1.807, 2.05) is 31.2 Å². The number of benzene rings is 1. The molecule has 19 heavy (non-hydrogen) atoms. The van der Waals surface area contributed by atoms with Crippen molar-refractivity contribution >= 4 is 17.3 Å². The summed E-state index contributed by atoms with van der Waals surface area (Å²) in [6.07, 6.45) is 0.562. The van der Waals surface area contributed by atoms with Gasteiger partial charge in [0.25, 0.3) is 0 Å². The summed E-state index contributed by atoms with van der Waals surface area (Å²) in [6, 6.07) is 7.50. The van der Waals surface area contributed by atoms with E-state index in [9.17, 15) is 4.79 Å². The van der Waals surface area contributed by atoms with Gasteiger partial charge >= 0.3 is 0 Å². The third kappa shape index (κ3) is 4.27. The van der Waals surface area contributed by atoms with Crippen LogP contribution in [-0.2, 0) is 4.79 Å². The van der Waals surface area contributed by atoms with Gasteiger partial charge in [-0.25, -0.2) is 0 Å². The van der Waals surface area contributed by atoms with Crippen molar-refractivity contribution in [1.29, 1.82) is 0 Å². The van der Waals surface area contributed by atoms with Crippen LogP contribution >= 0.6 is 0 Å². The third-order valence-corrected chi connectivity index (χ3v) is 3.76. The molecule has 0 aliphatic rings. The quantitative estimate of drug-likeness (QED) is 0.841. The predicted octanol–water partition coefficient (Wildman–Crippen LogP) is 3.69. The number of hydrogen-bond donors (Lipinski definition) is 1. The van der Waals surface area contributed by atoms with Gasteiger partial charge < -0.3 is 10.6 Å². The Labute approximate surface area is 116 Å². The van der Waals surface area contributed by atoms with Crippen LogP contribution in [-0.4, -0.2) is 12.5 Å². The van der Waals surface area contributed by atoms with Crippen LogP contribution in [0, 0.1) is 11.3 Å². The summed E-state index contributed by atoms with van der Waals surface area (Å²) in [4.78, 5) is 14.2. The molecular weight excluding hydrogens is 236 g/mol. The fourth-order valence-corrected chi connectivity index (χ4v) is 1.87. The number of hydrogen-bond acceptors (Lipinski definition) is 2. The van der Waals surface area contributed by atoms with E-state index < -0.39 is 0 Å². The minimum absolute atomic E-state index is 0.144. The normalized spacial score (nSPS) is 13.1. The Balaban J connectivity index is 2.84. The fourth-order valence-electron chi connectivity index (χ4n) is 1.87. The van der Waals surface area contributed by atoms with Gasteiger partial charge in [0.05, 0.1) is 0 Å². The van der Waals surface area contributed by atoms with Crippen LogP contribution in [0.15, 0.2) is 24.3 Å². The van der Waals surface area contributed by atoms with Crippen LogP contribution in [0.25, 0.3) is 0 Å². The molecule has 0 bridgehead atoms.